The van der Waals surface area contributed by atoms with E-state index in [-0.39, 0.29) is 22.6 Å². The van der Waals surface area contributed by atoms with Crippen LogP contribution in [0, 0.1) is 11.3 Å². The molecule has 108 valence electrons. The number of ether oxygens (including phenoxy) is 2. The molecule has 0 N–H and O–H groups in total. The number of alkyl halides is 4. The Hall–Kier alpha value is -1.94. The van der Waals surface area contributed by atoms with Crippen LogP contribution >= 0.6 is 11.6 Å². The number of nitrogens with zero attached hydrogens (tertiary/aromatic N) is 1. The fraction of sp³-hybridized carbons (Fsp3) is 0.333. The SMILES string of the molecule is COC(=O)Cc1c(C#N)cc(CCl)cc1OC(F)(F)F. The van der Waals surface area contributed by atoms with Crippen LogP contribution in [0.2, 0.25) is 0 Å². The van der Waals surface area contributed by atoms with Crippen molar-refractivity contribution in [1.29, 1.82) is 5.26 Å². The van der Waals surface area contributed by atoms with E-state index in [1.165, 1.54) is 6.07 Å². The van der Waals surface area contributed by atoms with Crippen molar-refractivity contribution in [3.05, 3.63) is 28.8 Å². The molecule has 1 aromatic rings. The molecule has 0 fully saturated rings. The molecular weight excluding hydrogens is 299 g/mol. The van der Waals surface area contributed by atoms with E-state index in [1.807, 2.05) is 0 Å². The second-order valence-electron chi connectivity index (χ2n) is 3.67. The van der Waals surface area contributed by atoms with Crippen molar-refractivity contribution in [2.45, 2.75) is 18.7 Å². The molecule has 0 amide bonds. The first-order valence-corrected chi connectivity index (χ1v) is 5.78. The van der Waals surface area contributed by atoms with Gasteiger partial charge in [0.2, 0.25) is 0 Å². The topological polar surface area (TPSA) is 59.3 Å². The van der Waals surface area contributed by atoms with Gasteiger partial charge in [0.05, 0.1) is 25.2 Å². The molecule has 0 unspecified atom stereocenters. The predicted molar refractivity (Wildman–Crippen MR) is 63.1 cm³/mol. The van der Waals surface area contributed by atoms with Gasteiger partial charge in [0.15, 0.2) is 0 Å². The van der Waals surface area contributed by atoms with Crippen molar-refractivity contribution in [1.82, 2.24) is 0 Å². The summed E-state index contributed by atoms with van der Waals surface area (Å²) in [5.74, 6) is -1.51. The van der Waals surface area contributed by atoms with Crippen LogP contribution in [0.1, 0.15) is 16.7 Å². The maximum absolute atomic E-state index is 12.4. The molecule has 4 nitrogen and oxygen atoms in total. The minimum Gasteiger partial charge on any atom is -0.469 e. The molecule has 0 saturated carbocycles. The van der Waals surface area contributed by atoms with Gasteiger partial charge >= 0.3 is 12.3 Å². The Balaban J connectivity index is 3.35. The van der Waals surface area contributed by atoms with Gasteiger partial charge in [0, 0.05) is 11.4 Å². The van der Waals surface area contributed by atoms with E-state index in [0.29, 0.717) is 0 Å². The highest BCUT2D eigenvalue weighted by Gasteiger charge is 2.33. The van der Waals surface area contributed by atoms with Gasteiger partial charge < -0.3 is 9.47 Å². The standard InChI is InChI=1S/C12H9ClF3NO3/c1-19-11(18)4-9-8(6-17)2-7(5-13)3-10(9)20-12(14,15)16/h2-3H,4-5H2,1H3. The number of esters is 1. The highest BCUT2D eigenvalue weighted by atomic mass is 35.5. The van der Waals surface area contributed by atoms with E-state index in [2.05, 4.69) is 9.47 Å². The zero-order chi connectivity index (χ0) is 15.3. The lowest BCUT2D eigenvalue weighted by molar-refractivity contribution is -0.275. The van der Waals surface area contributed by atoms with Gasteiger partial charge in [-0.15, -0.1) is 24.8 Å². The van der Waals surface area contributed by atoms with Crippen molar-refractivity contribution in [2.75, 3.05) is 7.11 Å². The molecule has 0 saturated heterocycles. The number of hydrogen-bond acceptors (Lipinski definition) is 4. The Morgan fingerprint density at radius 1 is 1.45 bits per heavy atom. The van der Waals surface area contributed by atoms with Crippen LogP contribution in [0.15, 0.2) is 12.1 Å². The van der Waals surface area contributed by atoms with Gasteiger partial charge in [-0.2, -0.15) is 5.26 Å². The van der Waals surface area contributed by atoms with E-state index < -0.39 is 24.5 Å². The Bertz CT molecular complexity index is 552. The van der Waals surface area contributed by atoms with Crippen LogP contribution in [0.4, 0.5) is 13.2 Å². The Kier molecular flexibility index (Phi) is 5.22. The monoisotopic (exact) mass is 307 g/mol. The van der Waals surface area contributed by atoms with Gasteiger partial charge in [-0.1, -0.05) is 0 Å². The second-order valence-corrected chi connectivity index (χ2v) is 3.93. The van der Waals surface area contributed by atoms with Gasteiger partial charge in [-0.3, -0.25) is 4.79 Å². The summed E-state index contributed by atoms with van der Waals surface area (Å²) >= 11 is 5.55. The van der Waals surface area contributed by atoms with Crippen LogP contribution in [0.5, 0.6) is 5.75 Å². The van der Waals surface area contributed by atoms with Crippen molar-refractivity contribution < 1.29 is 27.4 Å². The molecule has 1 aromatic carbocycles. The average molecular weight is 308 g/mol. The van der Waals surface area contributed by atoms with Crippen molar-refractivity contribution in [3.63, 3.8) is 0 Å². The first-order valence-electron chi connectivity index (χ1n) is 5.25. The van der Waals surface area contributed by atoms with Crippen molar-refractivity contribution in [3.8, 4) is 11.8 Å². The highest BCUT2D eigenvalue weighted by molar-refractivity contribution is 6.17. The number of carbonyl (C=O) groups excluding carboxylic acids is 1. The second kappa shape index (κ2) is 6.48. The molecule has 0 aromatic heterocycles. The molecule has 1 rings (SSSR count). The fourth-order valence-electron chi connectivity index (χ4n) is 1.49. The Morgan fingerprint density at radius 2 is 2.10 bits per heavy atom. The highest BCUT2D eigenvalue weighted by Crippen LogP contribution is 2.31. The van der Waals surface area contributed by atoms with Gasteiger partial charge in [0.1, 0.15) is 5.75 Å². The number of nitriles is 1. The fourth-order valence-corrected chi connectivity index (χ4v) is 1.65. The van der Waals surface area contributed by atoms with Crippen LogP contribution in [-0.2, 0) is 21.8 Å². The van der Waals surface area contributed by atoms with Gasteiger partial charge in [-0.25, -0.2) is 0 Å². The number of benzene rings is 1. The van der Waals surface area contributed by atoms with E-state index in [9.17, 15) is 18.0 Å². The largest absolute Gasteiger partial charge is 0.573 e. The summed E-state index contributed by atoms with van der Waals surface area (Å²) in [5, 5.41) is 8.96. The first-order chi connectivity index (χ1) is 9.30. The smallest absolute Gasteiger partial charge is 0.469 e. The zero-order valence-corrected chi connectivity index (χ0v) is 11.0. The third-order valence-electron chi connectivity index (χ3n) is 2.32. The minimum atomic E-state index is -4.94. The quantitative estimate of drug-likeness (QED) is 0.634. The molecule has 0 bridgehead atoms. The van der Waals surface area contributed by atoms with E-state index in [1.54, 1.807) is 6.07 Å². The maximum atomic E-state index is 12.4. The molecule has 8 heteroatoms. The third kappa shape index (κ3) is 4.31. The Labute approximate surface area is 117 Å². The summed E-state index contributed by atoms with van der Waals surface area (Å²) in [6.07, 6.45) is -5.45. The van der Waals surface area contributed by atoms with Crippen LogP contribution in [-0.4, -0.2) is 19.4 Å². The molecular formula is C12H9ClF3NO3. The molecule has 0 aliphatic rings. The van der Waals surface area contributed by atoms with Crippen LogP contribution in [0.25, 0.3) is 0 Å². The summed E-state index contributed by atoms with van der Waals surface area (Å²) in [6.45, 7) is 0. The molecule has 0 spiro atoms. The number of carbonyl (C=O) groups is 1. The van der Waals surface area contributed by atoms with Crippen molar-refractivity contribution in [2.24, 2.45) is 0 Å². The van der Waals surface area contributed by atoms with E-state index >= 15 is 0 Å². The summed E-state index contributed by atoms with van der Waals surface area (Å²) in [7, 11) is 1.09. The molecule has 0 aliphatic carbocycles. The molecule has 20 heavy (non-hydrogen) atoms. The lowest BCUT2D eigenvalue weighted by atomic mass is 10.0. The average Bonchev–Trinajstić information content (AvgIpc) is 2.38. The van der Waals surface area contributed by atoms with Crippen LogP contribution < -0.4 is 4.74 Å². The zero-order valence-electron chi connectivity index (χ0n) is 10.3. The number of rotatable bonds is 4. The lowest BCUT2D eigenvalue weighted by Gasteiger charge is -2.15. The van der Waals surface area contributed by atoms with E-state index in [0.717, 1.165) is 13.2 Å². The number of hydrogen-bond donors (Lipinski definition) is 0. The predicted octanol–water partition coefficient (Wildman–Crippen LogP) is 2.91. The molecule has 0 heterocycles. The summed E-state index contributed by atoms with van der Waals surface area (Å²) in [5.41, 5.74) is -0.0329. The number of methoxy groups -OCH3 is 1. The maximum Gasteiger partial charge on any atom is 0.573 e. The summed E-state index contributed by atoms with van der Waals surface area (Å²) in [6, 6.07) is 4.05. The van der Waals surface area contributed by atoms with Crippen LogP contribution in [0.3, 0.4) is 0 Å². The minimum absolute atomic E-state index is 0.0958. The third-order valence-corrected chi connectivity index (χ3v) is 2.63. The summed E-state index contributed by atoms with van der Waals surface area (Å²) in [4.78, 5) is 11.2. The summed E-state index contributed by atoms with van der Waals surface area (Å²) < 4.78 is 45.3. The molecule has 0 atom stereocenters. The normalized spacial score (nSPS) is 10.8. The van der Waals surface area contributed by atoms with Gasteiger partial charge in [-0.05, 0) is 17.7 Å². The lowest BCUT2D eigenvalue weighted by Crippen LogP contribution is -2.19. The number of halogens is 4. The van der Waals surface area contributed by atoms with Crippen molar-refractivity contribution >= 4 is 17.6 Å². The molecule has 0 aliphatic heterocycles. The Morgan fingerprint density at radius 3 is 2.55 bits per heavy atom. The van der Waals surface area contributed by atoms with Gasteiger partial charge in [0.25, 0.3) is 0 Å². The first kappa shape index (κ1) is 16.1. The molecule has 0 radical (unpaired) electrons. The van der Waals surface area contributed by atoms with E-state index in [4.69, 9.17) is 16.9 Å².